The van der Waals surface area contributed by atoms with Gasteiger partial charge < -0.3 is 5.11 Å². The predicted molar refractivity (Wildman–Crippen MR) is 59.8 cm³/mol. The molecule has 78 valence electrons. The Morgan fingerprint density at radius 2 is 2.43 bits per heavy atom. The van der Waals surface area contributed by atoms with Crippen molar-refractivity contribution in [2.75, 3.05) is 0 Å². The first-order chi connectivity index (χ1) is 6.84. The van der Waals surface area contributed by atoms with Crippen LogP contribution in [0.15, 0.2) is 12.2 Å². The van der Waals surface area contributed by atoms with Gasteiger partial charge in [0.1, 0.15) is 6.10 Å². The maximum atomic E-state index is 9.75. The van der Waals surface area contributed by atoms with Gasteiger partial charge in [-0.25, -0.2) is 0 Å². The molecule has 0 saturated carbocycles. The van der Waals surface area contributed by atoms with Crippen LogP contribution in [0.4, 0.5) is 0 Å². The molecule has 1 aliphatic carbocycles. The number of hydrogen-bond acceptors (Lipinski definition) is 1. The molecule has 14 heavy (non-hydrogen) atoms. The maximum Gasteiger partial charge on any atom is 0.120 e. The average Bonchev–Trinajstić information content (AvgIpc) is 2.25. The van der Waals surface area contributed by atoms with Crippen molar-refractivity contribution >= 4 is 0 Å². The summed E-state index contributed by atoms with van der Waals surface area (Å²) in [5, 5.41) is 9.75. The maximum absolute atomic E-state index is 9.75. The van der Waals surface area contributed by atoms with Crippen LogP contribution < -0.4 is 0 Å². The van der Waals surface area contributed by atoms with Gasteiger partial charge in [-0.1, -0.05) is 31.4 Å². The zero-order valence-electron chi connectivity index (χ0n) is 9.00. The molecule has 2 atom stereocenters. The third-order valence-corrected chi connectivity index (χ3v) is 2.60. The minimum atomic E-state index is -0.441. The number of aliphatic hydroxyl groups excluding tert-OH is 1. The largest absolute Gasteiger partial charge is 0.380 e. The molecule has 1 aliphatic rings. The third kappa shape index (κ3) is 3.98. The summed E-state index contributed by atoms with van der Waals surface area (Å²) in [5.41, 5.74) is 0. The Hall–Kier alpha value is -0.740. The van der Waals surface area contributed by atoms with Crippen LogP contribution in [-0.4, -0.2) is 11.2 Å². The van der Waals surface area contributed by atoms with Gasteiger partial charge in [0, 0.05) is 12.3 Å². The zero-order chi connectivity index (χ0) is 10.2. The van der Waals surface area contributed by atoms with E-state index < -0.39 is 6.10 Å². The Morgan fingerprint density at radius 3 is 3.07 bits per heavy atom. The lowest BCUT2D eigenvalue weighted by molar-refractivity contribution is 0.176. The van der Waals surface area contributed by atoms with Crippen molar-refractivity contribution < 1.29 is 5.11 Å². The topological polar surface area (TPSA) is 20.2 Å². The van der Waals surface area contributed by atoms with Gasteiger partial charge in [-0.2, -0.15) is 0 Å². The quantitative estimate of drug-likeness (QED) is 0.414. The van der Waals surface area contributed by atoms with Crippen molar-refractivity contribution in [3.05, 3.63) is 12.2 Å². The van der Waals surface area contributed by atoms with Gasteiger partial charge in [-0.15, -0.1) is 5.92 Å². The lowest BCUT2D eigenvalue weighted by Crippen LogP contribution is -2.18. The van der Waals surface area contributed by atoms with Crippen molar-refractivity contribution in [3.8, 4) is 11.8 Å². The molecule has 0 fully saturated rings. The molecule has 0 amide bonds. The van der Waals surface area contributed by atoms with Crippen LogP contribution in [0.3, 0.4) is 0 Å². The number of aliphatic hydroxyl groups is 1. The van der Waals surface area contributed by atoms with E-state index in [2.05, 4.69) is 30.9 Å². The van der Waals surface area contributed by atoms with E-state index in [4.69, 9.17) is 0 Å². The van der Waals surface area contributed by atoms with Crippen molar-refractivity contribution in [3.63, 3.8) is 0 Å². The van der Waals surface area contributed by atoms with Crippen LogP contribution in [0.5, 0.6) is 0 Å². The second kappa shape index (κ2) is 6.68. The fourth-order valence-corrected chi connectivity index (χ4v) is 1.65. The molecule has 0 spiro atoms. The van der Waals surface area contributed by atoms with E-state index in [1.807, 2.05) is 0 Å². The minimum absolute atomic E-state index is 0.276. The highest BCUT2D eigenvalue weighted by Gasteiger charge is 2.15. The standard InChI is InChI=1S/C13H20O/c1-2-3-4-8-11-13(14)12-9-6-5-7-10-12/h6,9,12-14H,2-5,7,10H2,1H3. The van der Waals surface area contributed by atoms with Gasteiger partial charge in [-0.3, -0.25) is 0 Å². The normalized spacial score (nSPS) is 22.6. The fourth-order valence-electron chi connectivity index (χ4n) is 1.65. The summed E-state index contributed by atoms with van der Waals surface area (Å²) in [5.74, 6) is 6.27. The summed E-state index contributed by atoms with van der Waals surface area (Å²) in [6, 6.07) is 0. The first-order valence-corrected chi connectivity index (χ1v) is 5.67. The highest BCUT2D eigenvalue weighted by atomic mass is 16.3. The summed E-state index contributed by atoms with van der Waals surface area (Å²) in [4.78, 5) is 0. The Bertz CT molecular complexity index is 231. The molecule has 1 nitrogen and oxygen atoms in total. The van der Waals surface area contributed by atoms with Crippen LogP contribution in [0.2, 0.25) is 0 Å². The van der Waals surface area contributed by atoms with Crippen molar-refractivity contribution in [2.45, 2.75) is 51.6 Å². The molecular formula is C13H20O. The molecule has 1 heteroatoms. The summed E-state index contributed by atoms with van der Waals surface area (Å²) in [6.07, 6.45) is 10.5. The number of allylic oxidation sites excluding steroid dienone is 1. The highest BCUT2D eigenvalue weighted by Crippen LogP contribution is 2.19. The first-order valence-electron chi connectivity index (χ1n) is 5.67. The van der Waals surface area contributed by atoms with Gasteiger partial charge in [0.25, 0.3) is 0 Å². The summed E-state index contributed by atoms with van der Waals surface area (Å²) < 4.78 is 0. The van der Waals surface area contributed by atoms with E-state index in [1.54, 1.807) is 0 Å². The molecule has 1 N–H and O–H groups in total. The molecule has 0 aromatic heterocycles. The van der Waals surface area contributed by atoms with E-state index in [0.29, 0.717) is 0 Å². The monoisotopic (exact) mass is 192 g/mol. The molecule has 0 aliphatic heterocycles. The number of rotatable bonds is 3. The summed E-state index contributed by atoms with van der Waals surface area (Å²) in [7, 11) is 0. The van der Waals surface area contributed by atoms with E-state index in [1.165, 1.54) is 12.8 Å². The van der Waals surface area contributed by atoms with Gasteiger partial charge in [0.2, 0.25) is 0 Å². The average molecular weight is 192 g/mol. The molecule has 0 saturated heterocycles. The molecule has 0 aromatic rings. The minimum Gasteiger partial charge on any atom is -0.380 e. The van der Waals surface area contributed by atoms with Gasteiger partial charge in [-0.05, 0) is 25.7 Å². The van der Waals surface area contributed by atoms with Crippen LogP contribution in [0.25, 0.3) is 0 Å². The summed E-state index contributed by atoms with van der Waals surface area (Å²) >= 11 is 0. The molecule has 0 heterocycles. The molecule has 0 radical (unpaired) electrons. The Labute approximate surface area is 87.2 Å². The van der Waals surface area contributed by atoms with E-state index in [0.717, 1.165) is 25.7 Å². The Balaban J connectivity index is 2.31. The van der Waals surface area contributed by atoms with Gasteiger partial charge in [0.15, 0.2) is 0 Å². The molecule has 1 rings (SSSR count). The molecule has 2 unspecified atom stereocenters. The lowest BCUT2D eigenvalue weighted by Gasteiger charge is -2.17. The van der Waals surface area contributed by atoms with Crippen LogP contribution in [0.1, 0.15) is 45.4 Å². The highest BCUT2D eigenvalue weighted by molar-refractivity contribution is 5.10. The zero-order valence-corrected chi connectivity index (χ0v) is 9.00. The molecule has 0 bridgehead atoms. The van der Waals surface area contributed by atoms with E-state index in [-0.39, 0.29) is 5.92 Å². The second-order valence-electron chi connectivity index (χ2n) is 3.89. The number of hydrogen-bond donors (Lipinski definition) is 1. The van der Waals surface area contributed by atoms with E-state index in [9.17, 15) is 5.11 Å². The van der Waals surface area contributed by atoms with Crippen molar-refractivity contribution in [1.29, 1.82) is 0 Å². The van der Waals surface area contributed by atoms with Crippen LogP contribution >= 0.6 is 0 Å². The van der Waals surface area contributed by atoms with Crippen molar-refractivity contribution in [1.82, 2.24) is 0 Å². The fraction of sp³-hybridized carbons (Fsp3) is 0.692. The lowest BCUT2D eigenvalue weighted by atomic mass is 9.91. The Kier molecular flexibility index (Phi) is 5.40. The number of unbranched alkanes of at least 4 members (excludes halogenated alkanes) is 2. The molecular weight excluding hydrogens is 172 g/mol. The second-order valence-corrected chi connectivity index (χ2v) is 3.89. The first kappa shape index (κ1) is 11.3. The third-order valence-electron chi connectivity index (χ3n) is 2.60. The van der Waals surface area contributed by atoms with Crippen molar-refractivity contribution in [2.24, 2.45) is 5.92 Å². The Morgan fingerprint density at radius 1 is 1.57 bits per heavy atom. The van der Waals surface area contributed by atoms with Crippen LogP contribution in [0, 0.1) is 17.8 Å². The van der Waals surface area contributed by atoms with Crippen LogP contribution in [-0.2, 0) is 0 Å². The summed E-state index contributed by atoms with van der Waals surface area (Å²) in [6.45, 7) is 2.15. The predicted octanol–water partition coefficient (Wildman–Crippen LogP) is 2.90. The van der Waals surface area contributed by atoms with E-state index >= 15 is 0 Å². The van der Waals surface area contributed by atoms with Gasteiger partial charge in [0.05, 0.1) is 0 Å². The SMILES string of the molecule is CCCCC#CC(O)C1C=CCCC1. The smallest absolute Gasteiger partial charge is 0.120 e. The molecule has 0 aromatic carbocycles. The van der Waals surface area contributed by atoms with Gasteiger partial charge >= 0.3 is 0 Å².